The van der Waals surface area contributed by atoms with Gasteiger partial charge in [0.05, 0.1) is 31.1 Å². The molecule has 0 bridgehead atoms. The van der Waals surface area contributed by atoms with Gasteiger partial charge in [0.15, 0.2) is 0 Å². The molecule has 2 aliphatic carbocycles. The molecule has 268 valence electrons. The van der Waals surface area contributed by atoms with E-state index in [9.17, 15) is 32.4 Å². The number of fused-ring (bicyclic) bond motifs is 2. The standard InChI is InChI=1S/C33H44N4O11S/c1-32(2,3)48-31(42)34-25-11-7-15-46-14-6-9-21-18-33(21,30(41)36-49(43,44)24-12-13-24)35-27(38)26-17-23(19-37(26)28(25)39)47-29(40)20-8-5-10-22(16-20)45-4/h5-6,8-10,16,21,23-26H,7,11-15,17-19H2,1-4H3,(H,34,42)(H,35,38)(H,36,41)/b9-6+. The van der Waals surface area contributed by atoms with E-state index in [-0.39, 0.29) is 44.6 Å². The lowest BCUT2D eigenvalue weighted by Gasteiger charge is -2.30. The van der Waals surface area contributed by atoms with Crippen molar-refractivity contribution in [2.45, 2.75) is 93.9 Å². The highest BCUT2D eigenvalue weighted by Crippen LogP contribution is 2.46. The van der Waals surface area contributed by atoms with Gasteiger partial charge < -0.3 is 34.5 Å². The Kier molecular flexibility index (Phi) is 10.6. The number of nitrogens with zero attached hydrogens (tertiary/aromatic N) is 1. The molecule has 16 heteroatoms. The Morgan fingerprint density at radius 3 is 2.57 bits per heavy atom. The van der Waals surface area contributed by atoms with Crippen molar-refractivity contribution >= 4 is 39.8 Å². The summed E-state index contributed by atoms with van der Waals surface area (Å²) in [6.45, 7) is 5.27. The summed E-state index contributed by atoms with van der Waals surface area (Å²) in [5.74, 6) is -3.02. The first kappa shape index (κ1) is 36.1. The fourth-order valence-electron chi connectivity index (χ4n) is 5.98. The SMILES string of the molecule is COc1cccc(C(=O)OC2CC3C(=O)NC4(C(=O)NS(=O)(=O)C5CC5)CC4/C=C/COCCCC(NC(=O)OC(C)(C)C)C(=O)N3C2)c1. The number of carbonyl (C=O) groups is 5. The van der Waals surface area contributed by atoms with Gasteiger partial charge in [-0.2, -0.15) is 0 Å². The first-order chi connectivity index (χ1) is 23.1. The van der Waals surface area contributed by atoms with Crippen molar-refractivity contribution in [1.82, 2.24) is 20.3 Å². The van der Waals surface area contributed by atoms with Crippen molar-refractivity contribution in [2.75, 3.05) is 26.9 Å². The summed E-state index contributed by atoms with van der Waals surface area (Å²) in [6, 6.07) is 3.97. The molecule has 1 saturated heterocycles. The quantitative estimate of drug-likeness (QED) is 0.275. The highest BCUT2D eigenvalue weighted by molar-refractivity contribution is 7.91. The van der Waals surface area contributed by atoms with Crippen molar-refractivity contribution in [3.05, 3.63) is 42.0 Å². The van der Waals surface area contributed by atoms with Crippen LogP contribution in [-0.4, -0.2) is 105 Å². The fraction of sp³-hybridized carbons (Fsp3) is 0.606. The van der Waals surface area contributed by atoms with Gasteiger partial charge in [-0.3, -0.25) is 19.1 Å². The lowest BCUT2D eigenvalue weighted by molar-refractivity contribution is -0.141. The third-order valence-corrected chi connectivity index (χ3v) is 10.6. The largest absolute Gasteiger partial charge is 0.497 e. The number of hydrogen-bond donors (Lipinski definition) is 3. The predicted octanol–water partition coefficient (Wildman–Crippen LogP) is 1.56. The van der Waals surface area contributed by atoms with Crippen LogP contribution in [0.5, 0.6) is 5.75 Å². The maximum Gasteiger partial charge on any atom is 0.408 e. The van der Waals surface area contributed by atoms with E-state index < -0.39 is 80.3 Å². The first-order valence-corrected chi connectivity index (χ1v) is 17.9. The molecule has 0 aromatic heterocycles. The third kappa shape index (κ3) is 8.90. The number of esters is 1. The Balaban J connectivity index is 1.43. The fourth-order valence-corrected chi connectivity index (χ4v) is 7.34. The summed E-state index contributed by atoms with van der Waals surface area (Å²) in [5.41, 5.74) is -2.24. The molecule has 5 unspecified atom stereocenters. The summed E-state index contributed by atoms with van der Waals surface area (Å²) >= 11 is 0. The van der Waals surface area contributed by atoms with Gasteiger partial charge in [-0.05, 0) is 71.1 Å². The van der Waals surface area contributed by atoms with Gasteiger partial charge in [-0.15, -0.1) is 0 Å². The average Bonchev–Trinajstić information content (AvgIpc) is 3.95. The number of nitrogens with one attached hydrogen (secondary N) is 3. The Morgan fingerprint density at radius 1 is 1.12 bits per heavy atom. The van der Waals surface area contributed by atoms with Crippen molar-refractivity contribution in [2.24, 2.45) is 5.92 Å². The van der Waals surface area contributed by atoms with E-state index in [1.807, 2.05) is 0 Å². The van der Waals surface area contributed by atoms with Crippen LogP contribution in [0.2, 0.25) is 0 Å². The molecule has 3 fully saturated rings. The van der Waals surface area contributed by atoms with Gasteiger partial charge in [0.2, 0.25) is 21.8 Å². The zero-order chi connectivity index (χ0) is 35.6. The van der Waals surface area contributed by atoms with E-state index in [2.05, 4.69) is 15.4 Å². The number of benzene rings is 1. The molecule has 2 aliphatic heterocycles. The molecule has 4 amide bonds. The van der Waals surface area contributed by atoms with Gasteiger partial charge in [0.1, 0.15) is 35.1 Å². The molecule has 5 rings (SSSR count). The van der Waals surface area contributed by atoms with Gasteiger partial charge >= 0.3 is 12.1 Å². The van der Waals surface area contributed by atoms with Gasteiger partial charge in [-0.1, -0.05) is 18.2 Å². The topological polar surface area (TPSA) is 196 Å². The van der Waals surface area contributed by atoms with Crippen LogP contribution < -0.4 is 20.1 Å². The Morgan fingerprint density at radius 2 is 1.88 bits per heavy atom. The number of amides is 4. The van der Waals surface area contributed by atoms with Crippen LogP contribution in [-0.2, 0) is 38.6 Å². The van der Waals surface area contributed by atoms with Gasteiger partial charge in [-0.25, -0.2) is 18.0 Å². The molecule has 1 aromatic carbocycles. The lowest BCUT2D eigenvalue weighted by atomic mass is 10.1. The van der Waals surface area contributed by atoms with E-state index >= 15 is 0 Å². The molecular weight excluding hydrogens is 660 g/mol. The maximum atomic E-state index is 14.2. The van der Waals surface area contributed by atoms with E-state index in [0.29, 0.717) is 25.0 Å². The maximum absolute atomic E-state index is 14.2. The van der Waals surface area contributed by atoms with Crippen LogP contribution in [0.3, 0.4) is 0 Å². The van der Waals surface area contributed by atoms with Crippen molar-refractivity contribution in [3.63, 3.8) is 0 Å². The number of rotatable bonds is 7. The average molecular weight is 705 g/mol. The summed E-state index contributed by atoms with van der Waals surface area (Å²) in [5, 5.41) is 4.70. The van der Waals surface area contributed by atoms with Crippen LogP contribution in [0.4, 0.5) is 4.79 Å². The summed E-state index contributed by atoms with van der Waals surface area (Å²) in [4.78, 5) is 68.9. The second-order valence-electron chi connectivity index (χ2n) is 13.8. The molecule has 2 heterocycles. The molecule has 5 atom stereocenters. The number of ether oxygens (including phenoxy) is 4. The van der Waals surface area contributed by atoms with E-state index in [1.165, 1.54) is 18.1 Å². The first-order valence-electron chi connectivity index (χ1n) is 16.4. The molecule has 49 heavy (non-hydrogen) atoms. The minimum Gasteiger partial charge on any atom is -0.497 e. The van der Waals surface area contributed by atoms with Crippen LogP contribution in [0.25, 0.3) is 0 Å². The summed E-state index contributed by atoms with van der Waals surface area (Å²) in [7, 11) is -2.47. The van der Waals surface area contributed by atoms with E-state index in [1.54, 1.807) is 51.1 Å². The zero-order valence-electron chi connectivity index (χ0n) is 28.1. The van der Waals surface area contributed by atoms with E-state index in [0.717, 1.165) is 0 Å². The number of carbonyl (C=O) groups excluding carboxylic acids is 5. The minimum absolute atomic E-state index is 0.117. The molecule has 0 radical (unpaired) electrons. The Labute approximate surface area is 285 Å². The number of alkyl carbamates (subject to hydrolysis) is 1. The lowest BCUT2D eigenvalue weighted by Crippen LogP contribution is -2.58. The molecule has 3 N–H and O–H groups in total. The monoisotopic (exact) mass is 704 g/mol. The highest BCUT2D eigenvalue weighted by Gasteiger charge is 2.62. The van der Waals surface area contributed by atoms with Gasteiger partial charge in [0.25, 0.3) is 5.91 Å². The molecule has 4 aliphatic rings. The van der Waals surface area contributed by atoms with Crippen molar-refractivity contribution < 1.29 is 51.3 Å². The third-order valence-electron chi connectivity index (χ3n) is 8.74. The minimum atomic E-state index is -3.93. The zero-order valence-corrected chi connectivity index (χ0v) is 28.9. The smallest absolute Gasteiger partial charge is 0.408 e. The van der Waals surface area contributed by atoms with Gasteiger partial charge in [0, 0.05) is 18.9 Å². The molecule has 2 saturated carbocycles. The van der Waals surface area contributed by atoms with Crippen molar-refractivity contribution in [3.8, 4) is 5.75 Å². The van der Waals surface area contributed by atoms with Crippen LogP contribution in [0, 0.1) is 5.92 Å². The normalized spacial score (nSPS) is 28.4. The summed E-state index contributed by atoms with van der Waals surface area (Å²) in [6.07, 6.45) is 3.03. The predicted molar refractivity (Wildman–Crippen MR) is 174 cm³/mol. The summed E-state index contributed by atoms with van der Waals surface area (Å²) < 4.78 is 49.6. The van der Waals surface area contributed by atoms with Crippen LogP contribution in [0.15, 0.2) is 36.4 Å². The van der Waals surface area contributed by atoms with Crippen LogP contribution in [0.1, 0.15) is 69.7 Å². The molecule has 15 nitrogen and oxygen atoms in total. The number of methoxy groups -OCH3 is 1. The number of sulfonamides is 1. The molecular formula is C33H44N4O11S. The number of hydrogen-bond acceptors (Lipinski definition) is 11. The second-order valence-corrected chi connectivity index (χ2v) is 15.8. The second kappa shape index (κ2) is 14.4. The Bertz CT molecular complexity index is 1600. The van der Waals surface area contributed by atoms with Crippen LogP contribution >= 0.6 is 0 Å². The van der Waals surface area contributed by atoms with E-state index in [4.69, 9.17) is 18.9 Å². The molecule has 0 spiro atoms. The Hall–Kier alpha value is -4.18. The highest BCUT2D eigenvalue weighted by atomic mass is 32.2. The van der Waals surface area contributed by atoms with Crippen molar-refractivity contribution in [1.29, 1.82) is 0 Å². The molecule has 1 aromatic rings.